The topological polar surface area (TPSA) is 36.9 Å². The lowest BCUT2D eigenvalue weighted by atomic mass is 10.2. The zero-order chi connectivity index (χ0) is 13.1. The number of hydrogen-bond acceptors (Lipinski definition) is 3. The quantitative estimate of drug-likeness (QED) is 0.828. The van der Waals surface area contributed by atoms with Crippen molar-refractivity contribution >= 4 is 18.2 Å². The molecule has 0 aromatic carbocycles. The van der Waals surface area contributed by atoms with Crippen molar-refractivity contribution in [3.05, 3.63) is 4.77 Å². The minimum absolute atomic E-state index is 0.500. The van der Waals surface area contributed by atoms with Crippen LogP contribution in [0.3, 0.4) is 0 Å². The third kappa shape index (κ3) is 2.46. The van der Waals surface area contributed by atoms with Crippen molar-refractivity contribution in [2.45, 2.75) is 65.0 Å². The second-order valence-corrected chi connectivity index (χ2v) is 5.57. The largest absolute Gasteiger partial charge is 0.339 e. The van der Waals surface area contributed by atoms with Gasteiger partial charge in [-0.15, -0.1) is 5.10 Å². The van der Waals surface area contributed by atoms with Crippen molar-refractivity contribution < 1.29 is 0 Å². The van der Waals surface area contributed by atoms with Crippen LogP contribution in [0.15, 0.2) is 0 Å². The van der Waals surface area contributed by atoms with Crippen molar-refractivity contribution in [3.8, 4) is 0 Å². The van der Waals surface area contributed by atoms with E-state index in [1.54, 1.807) is 0 Å². The first-order chi connectivity index (χ1) is 8.69. The Balaban J connectivity index is 2.34. The lowest BCUT2D eigenvalue weighted by Gasteiger charge is -2.29. The molecule has 1 saturated carbocycles. The SMILES string of the molecule is CCC(C)N(CC)c1n[nH]c(=S)n1C1CCCC1. The van der Waals surface area contributed by atoms with Crippen LogP contribution in [-0.2, 0) is 0 Å². The second-order valence-electron chi connectivity index (χ2n) is 5.18. The fraction of sp³-hybridized carbons (Fsp3) is 0.846. The van der Waals surface area contributed by atoms with Crippen LogP contribution in [0, 0.1) is 4.77 Å². The van der Waals surface area contributed by atoms with E-state index in [0.717, 1.165) is 23.7 Å². The van der Waals surface area contributed by atoms with Gasteiger partial charge in [0, 0.05) is 18.6 Å². The molecule has 1 heterocycles. The van der Waals surface area contributed by atoms with E-state index in [9.17, 15) is 0 Å². The van der Waals surface area contributed by atoms with Gasteiger partial charge >= 0.3 is 0 Å². The molecule has 0 amide bonds. The number of anilines is 1. The molecule has 0 aliphatic heterocycles. The highest BCUT2D eigenvalue weighted by molar-refractivity contribution is 7.71. The van der Waals surface area contributed by atoms with Gasteiger partial charge < -0.3 is 4.90 Å². The van der Waals surface area contributed by atoms with Gasteiger partial charge in [0.05, 0.1) is 0 Å². The van der Waals surface area contributed by atoms with Crippen LogP contribution in [0.2, 0.25) is 0 Å². The van der Waals surface area contributed by atoms with E-state index in [-0.39, 0.29) is 0 Å². The number of aromatic amines is 1. The summed E-state index contributed by atoms with van der Waals surface area (Å²) < 4.78 is 3.02. The first kappa shape index (κ1) is 13.6. The Morgan fingerprint density at radius 2 is 2.11 bits per heavy atom. The van der Waals surface area contributed by atoms with Crippen molar-refractivity contribution in [1.82, 2.24) is 14.8 Å². The maximum atomic E-state index is 5.42. The maximum absolute atomic E-state index is 5.42. The molecule has 1 fully saturated rings. The lowest BCUT2D eigenvalue weighted by Crippen LogP contribution is -2.35. The van der Waals surface area contributed by atoms with Crippen LogP contribution in [0.5, 0.6) is 0 Å². The van der Waals surface area contributed by atoms with Gasteiger partial charge in [-0.2, -0.15) is 0 Å². The average molecular weight is 268 g/mol. The predicted octanol–water partition coefficient (Wildman–Crippen LogP) is 3.68. The molecule has 1 aromatic heterocycles. The molecule has 4 nitrogen and oxygen atoms in total. The average Bonchev–Trinajstić information content (AvgIpc) is 2.99. The minimum Gasteiger partial charge on any atom is -0.339 e. The Kier molecular flexibility index (Phi) is 4.43. The fourth-order valence-electron chi connectivity index (χ4n) is 2.86. The number of nitrogens with zero attached hydrogens (tertiary/aromatic N) is 3. The Morgan fingerprint density at radius 1 is 1.44 bits per heavy atom. The van der Waals surface area contributed by atoms with Gasteiger partial charge in [-0.1, -0.05) is 19.8 Å². The summed E-state index contributed by atoms with van der Waals surface area (Å²) in [6.45, 7) is 7.62. The fourth-order valence-corrected chi connectivity index (χ4v) is 3.14. The molecule has 0 radical (unpaired) electrons. The van der Waals surface area contributed by atoms with Crippen molar-refractivity contribution in [1.29, 1.82) is 0 Å². The summed E-state index contributed by atoms with van der Waals surface area (Å²) >= 11 is 5.42. The van der Waals surface area contributed by atoms with Crippen LogP contribution in [0.25, 0.3) is 0 Å². The molecular formula is C13H24N4S. The highest BCUT2D eigenvalue weighted by atomic mass is 32.1. The number of hydrogen-bond donors (Lipinski definition) is 1. The van der Waals surface area contributed by atoms with Crippen LogP contribution < -0.4 is 4.90 Å². The number of H-pyrrole nitrogens is 1. The van der Waals surface area contributed by atoms with Crippen LogP contribution >= 0.6 is 12.2 Å². The molecule has 1 atom stereocenters. The molecule has 18 heavy (non-hydrogen) atoms. The highest BCUT2D eigenvalue weighted by Crippen LogP contribution is 2.33. The van der Waals surface area contributed by atoms with Gasteiger partial charge in [0.15, 0.2) is 4.77 Å². The second kappa shape index (κ2) is 5.87. The van der Waals surface area contributed by atoms with Gasteiger partial charge in [0.2, 0.25) is 5.95 Å². The van der Waals surface area contributed by atoms with E-state index in [4.69, 9.17) is 12.2 Å². The monoisotopic (exact) mass is 268 g/mol. The molecule has 0 saturated heterocycles. The summed E-state index contributed by atoms with van der Waals surface area (Å²) in [6.07, 6.45) is 6.22. The molecule has 0 bridgehead atoms. The Bertz CT molecular complexity index is 430. The van der Waals surface area contributed by atoms with Crippen LogP contribution in [-0.4, -0.2) is 27.4 Å². The molecule has 1 unspecified atom stereocenters. The molecule has 1 aliphatic carbocycles. The van der Waals surface area contributed by atoms with Crippen molar-refractivity contribution in [2.24, 2.45) is 0 Å². The lowest BCUT2D eigenvalue weighted by molar-refractivity contribution is 0.494. The smallest absolute Gasteiger partial charge is 0.226 e. The van der Waals surface area contributed by atoms with Gasteiger partial charge in [-0.25, -0.2) is 5.10 Å². The van der Waals surface area contributed by atoms with Gasteiger partial charge in [0.1, 0.15) is 0 Å². The molecule has 102 valence electrons. The standard InChI is InChI=1S/C13H24N4S/c1-4-10(3)16(5-2)12-14-15-13(18)17(12)11-8-6-7-9-11/h10-11H,4-9H2,1-3H3,(H,15,18). The number of nitrogens with one attached hydrogen (secondary N) is 1. The minimum atomic E-state index is 0.500. The normalized spacial score (nSPS) is 18.2. The van der Waals surface area contributed by atoms with Crippen molar-refractivity contribution in [3.63, 3.8) is 0 Å². The van der Waals surface area contributed by atoms with Crippen LogP contribution in [0.4, 0.5) is 5.95 Å². The van der Waals surface area contributed by atoms with Gasteiger partial charge in [-0.3, -0.25) is 4.57 Å². The number of rotatable bonds is 5. The van der Waals surface area contributed by atoms with E-state index < -0.39 is 0 Å². The summed E-state index contributed by atoms with van der Waals surface area (Å²) in [5.74, 6) is 1.03. The van der Waals surface area contributed by atoms with E-state index in [1.165, 1.54) is 25.7 Å². The van der Waals surface area contributed by atoms with Crippen LogP contribution in [0.1, 0.15) is 58.9 Å². The summed E-state index contributed by atoms with van der Waals surface area (Å²) in [4.78, 5) is 2.35. The molecular weight excluding hydrogens is 244 g/mol. The van der Waals surface area contributed by atoms with Crippen molar-refractivity contribution in [2.75, 3.05) is 11.4 Å². The van der Waals surface area contributed by atoms with E-state index in [0.29, 0.717) is 12.1 Å². The summed E-state index contributed by atoms with van der Waals surface area (Å²) in [6, 6.07) is 1.05. The first-order valence-electron chi connectivity index (χ1n) is 7.12. The Labute approximate surface area is 114 Å². The number of aromatic nitrogens is 3. The van der Waals surface area contributed by atoms with Gasteiger partial charge in [0.25, 0.3) is 0 Å². The third-order valence-electron chi connectivity index (χ3n) is 4.10. The molecule has 1 aromatic rings. The summed E-state index contributed by atoms with van der Waals surface area (Å²) in [7, 11) is 0. The zero-order valence-electron chi connectivity index (χ0n) is 11.6. The molecule has 5 heteroatoms. The third-order valence-corrected chi connectivity index (χ3v) is 4.38. The summed E-state index contributed by atoms with van der Waals surface area (Å²) in [5, 5.41) is 7.45. The Hall–Kier alpha value is -0.840. The highest BCUT2D eigenvalue weighted by Gasteiger charge is 2.25. The van der Waals surface area contributed by atoms with E-state index >= 15 is 0 Å². The molecule has 1 aliphatic rings. The maximum Gasteiger partial charge on any atom is 0.226 e. The summed E-state index contributed by atoms with van der Waals surface area (Å²) in [5.41, 5.74) is 0. The van der Waals surface area contributed by atoms with E-state index in [2.05, 4.69) is 40.4 Å². The molecule has 2 rings (SSSR count). The first-order valence-corrected chi connectivity index (χ1v) is 7.53. The molecule has 0 spiro atoms. The predicted molar refractivity (Wildman–Crippen MR) is 77.7 cm³/mol. The van der Waals surface area contributed by atoms with E-state index in [1.807, 2.05) is 0 Å². The Morgan fingerprint density at radius 3 is 2.67 bits per heavy atom. The molecule has 1 N–H and O–H groups in total. The van der Waals surface area contributed by atoms with Gasteiger partial charge in [-0.05, 0) is 45.3 Å². The zero-order valence-corrected chi connectivity index (χ0v) is 12.5.